The van der Waals surface area contributed by atoms with Crippen molar-refractivity contribution in [2.45, 2.75) is 26.3 Å². The lowest BCUT2D eigenvalue weighted by Gasteiger charge is -1.97. The second-order valence-electron chi connectivity index (χ2n) is 2.74. The van der Waals surface area contributed by atoms with E-state index in [1.807, 2.05) is 0 Å². The molecule has 1 rings (SSSR count). The molecule has 1 unspecified atom stereocenters. The van der Waals surface area contributed by atoms with Gasteiger partial charge in [-0.05, 0) is 25.2 Å². The van der Waals surface area contributed by atoms with Gasteiger partial charge in [-0.15, -0.1) is 0 Å². The molecule has 1 nitrogen and oxygen atoms in total. The van der Waals surface area contributed by atoms with E-state index in [9.17, 15) is 0 Å². The van der Waals surface area contributed by atoms with E-state index in [-0.39, 0.29) is 0 Å². The molecule has 0 aromatic rings. The van der Waals surface area contributed by atoms with E-state index in [4.69, 9.17) is 5.73 Å². The van der Waals surface area contributed by atoms with Crippen LogP contribution in [0.25, 0.3) is 0 Å². The van der Waals surface area contributed by atoms with Crippen molar-refractivity contribution in [1.29, 1.82) is 0 Å². The molecule has 1 aliphatic rings. The standard InChI is InChI=1S/C6H13N/c1-4-3-6(4)5(2)7/h4-6H,3,7H2,1-2H3/t4-,5?,6-/m0/s1. The van der Waals surface area contributed by atoms with Gasteiger partial charge in [-0.1, -0.05) is 6.92 Å². The molecular formula is C6H13N. The fourth-order valence-corrected chi connectivity index (χ4v) is 1.08. The van der Waals surface area contributed by atoms with E-state index in [1.165, 1.54) is 6.42 Å². The van der Waals surface area contributed by atoms with E-state index in [0.717, 1.165) is 11.8 Å². The van der Waals surface area contributed by atoms with Gasteiger partial charge in [0.05, 0.1) is 0 Å². The lowest BCUT2D eigenvalue weighted by atomic mass is 10.2. The van der Waals surface area contributed by atoms with Crippen LogP contribution in [0.4, 0.5) is 0 Å². The molecule has 0 saturated heterocycles. The zero-order chi connectivity index (χ0) is 5.44. The molecule has 7 heavy (non-hydrogen) atoms. The largest absolute Gasteiger partial charge is 0.328 e. The number of rotatable bonds is 1. The fourth-order valence-electron chi connectivity index (χ4n) is 1.08. The van der Waals surface area contributed by atoms with Crippen molar-refractivity contribution in [3.63, 3.8) is 0 Å². The van der Waals surface area contributed by atoms with Crippen molar-refractivity contribution in [3.05, 3.63) is 0 Å². The molecule has 1 saturated carbocycles. The van der Waals surface area contributed by atoms with E-state index in [1.54, 1.807) is 0 Å². The first-order valence-corrected chi connectivity index (χ1v) is 2.97. The van der Waals surface area contributed by atoms with Gasteiger partial charge in [0.25, 0.3) is 0 Å². The van der Waals surface area contributed by atoms with Gasteiger partial charge in [-0.25, -0.2) is 0 Å². The van der Waals surface area contributed by atoms with Crippen LogP contribution >= 0.6 is 0 Å². The van der Waals surface area contributed by atoms with Gasteiger partial charge in [0.2, 0.25) is 0 Å². The summed E-state index contributed by atoms with van der Waals surface area (Å²) in [7, 11) is 0. The highest BCUT2D eigenvalue weighted by molar-refractivity contribution is 4.87. The van der Waals surface area contributed by atoms with Gasteiger partial charge in [0.1, 0.15) is 0 Å². The Bertz CT molecular complexity index is 68.6. The molecule has 0 heterocycles. The summed E-state index contributed by atoms with van der Waals surface area (Å²) in [6, 6.07) is 0.440. The summed E-state index contributed by atoms with van der Waals surface area (Å²) >= 11 is 0. The number of nitrogens with two attached hydrogens (primary N) is 1. The SMILES string of the molecule is CC(N)[C@H]1C[C@@H]1C. The zero-order valence-corrected chi connectivity index (χ0v) is 5.02. The smallest absolute Gasteiger partial charge is 0.00414 e. The van der Waals surface area contributed by atoms with E-state index >= 15 is 0 Å². The predicted octanol–water partition coefficient (Wildman–Crippen LogP) is 0.990. The van der Waals surface area contributed by atoms with Crippen LogP contribution in [-0.2, 0) is 0 Å². The third kappa shape index (κ3) is 0.942. The average Bonchev–Trinajstić information content (AvgIpc) is 2.17. The first-order valence-electron chi connectivity index (χ1n) is 2.97. The van der Waals surface area contributed by atoms with Crippen LogP contribution in [0.3, 0.4) is 0 Å². The monoisotopic (exact) mass is 99.1 g/mol. The molecule has 0 bridgehead atoms. The lowest BCUT2D eigenvalue weighted by Crippen LogP contribution is -2.17. The van der Waals surface area contributed by atoms with Gasteiger partial charge in [0, 0.05) is 6.04 Å². The topological polar surface area (TPSA) is 26.0 Å². The van der Waals surface area contributed by atoms with Crippen molar-refractivity contribution in [1.82, 2.24) is 0 Å². The van der Waals surface area contributed by atoms with Crippen molar-refractivity contribution >= 4 is 0 Å². The summed E-state index contributed by atoms with van der Waals surface area (Å²) < 4.78 is 0. The summed E-state index contributed by atoms with van der Waals surface area (Å²) in [6.07, 6.45) is 1.36. The van der Waals surface area contributed by atoms with Gasteiger partial charge < -0.3 is 5.73 Å². The molecule has 2 N–H and O–H groups in total. The maximum Gasteiger partial charge on any atom is 0.00414 e. The van der Waals surface area contributed by atoms with Gasteiger partial charge in [-0.3, -0.25) is 0 Å². The van der Waals surface area contributed by atoms with E-state index in [2.05, 4.69) is 13.8 Å². The zero-order valence-electron chi connectivity index (χ0n) is 5.02. The minimum atomic E-state index is 0.440. The Morgan fingerprint density at radius 2 is 2.14 bits per heavy atom. The molecule has 1 aliphatic carbocycles. The lowest BCUT2D eigenvalue weighted by molar-refractivity contribution is 0.608. The molecule has 3 atom stereocenters. The second kappa shape index (κ2) is 1.48. The third-order valence-electron chi connectivity index (χ3n) is 1.85. The maximum atomic E-state index is 5.59. The maximum absolute atomic E-state index is 5.59. The molecular weight excluding hydrogens is 86.1 g/mol. The quantitative estimate of drug-likeness (QED) is 0.521. The predicted molar refractivity (Wildman–Crippen MR) is 30.9 cm³/mol. The Morgan fingerprint density at radius 3 is 2.14 bits per heavy atom. The summed E-state index contributed by atoms with van der Waals surface area (Å²) in [5, 5.41) is 0. The highest BCUT2D eigenvalue weighted by atomic mass is 14.7. The second-order valence-corrected chi connectivity index (χ2v) is 2.74. The Morgan fingerprint density at radius 1 is 1.71 bits per heavy atom. The van der Waals surface area contributed by atoms with Crippen molar-refractivity contribution in [2.24, 2.45) is 17.6 Å². The van der Waals surface area contributed by atoms with Crippen LogP contribution in [0.1, 0.15) is 20.3 Å². The Balaban J connectivity index is 2.20. The average molecular weight is 99.2 g/mol. The third-order valence-corrected chi connectivity index (χ3v) is 1.85. The fraction of sp³-hybridized carbons (Fsp3) is 1.00. The van der Waals surface area contributed by atoms with Crippen LogP contribution in [-0.4, -0.2) is 6.04 Å². The van der Waals surface area contributed by atoms with Crippen molar-refractivity contribution in [2.75, 3.05) is 0 Å². The molecule has 0 spiro atoms. The molecule has 1 fully saturated rings. The van der Waals surface area contributed by atoms with Crippen molar-refractivity contribution < 1.29 is 0 Å². The van der Waals surface area contributed by atoms with E-state index < -0.39 is 0 Å². The molecule has 0 aromatic carbocycles. The minimum Gasteiger partial charge on any atom is -0.328 e. The minimum absolute atomic E-state index is 0.440. The normalized spacial score (nSPS) is 43.3. The van der Waals surface area contributed by atoms with Crippen LogP contribution in [0.2, 0.25) is 0 Å². The highest BCUT2D eigenvalue weighted by Crippen LogP contribution is 2.39. The Hall–Kier alpha value is -0.0400. The Kier molecular flexibility index (Phi) is 1.08. The number of hydrogen-bond acceptors (Lipinski definition) is 1. The van der Waals surface area contributed by atoms with Gasteiger partial charge in [-0.2, -0.15) is 0 Å². The van der Waals surface area contributed by atoms with E-state index in [0.29, 0.717) is 6.04 Å². The molecule has 0 aliphatic heterocycles. The van der Waals surface area contributed by atoms with Crippen LogP contribution in [0.15, 0.2) is 0 Å². The molecule has 1 heteroatoms. The summed E-state index contributed by atoms with van der Waals surface area (Å²) in [4.78, 5) is 0. The summed E-state index contributed by atoms with van der Waals surface area (Å²) in [6.45, 7) is 4.35. The van der Waals surface area contributed by atoms with Crippen LogP contribution in [0, 0.1) is 11.8 Å². The molecule has 0 amide bonds. The molecule has 0 radical (unpaired) electrons. The highest BCUT2D eigenvalue weighted by Gasteiger charge is 2.34. The van der Waals surface area contributed by atoms with Crippen LogP contribution < -0.4 is 5.73 Å². The summed E-state index contributed by atoms with van der Waals surface area (Å²) in [5.74, 6) is 1.76. The molecule has 42 valence electrons. The van der Waals surface area contributed by atoms with Crippen LogP contribution in [0.5, 0.6) is 0 Å². The molecule has 0 aromatic heterocycles. The Labute approximate surface area is 44.9 Å². The van der Waals surface area contributed by atoms with Gasteiger partial charge >= 0.3 is 0 Å². The summed E-state index contributed by atoms with van der Waals surface area (Å²) in [5.41, 5.74) is 5.59. The van der Waals surface area contributed by atoms with Gasteiger partial charge in [0.15, 0.2) is 0 Å². The number of hydrogen-bond donors (Lipinski definition) is 1. The first-order chi connectivity index (χ1) is 3.22. The van der Waals surface area contributed by atoms with Crippen molar-refractivity contribution in [3.8, 4) is 0 Å². The first kappa shape index (κ1) is 5.10.